The topological polar surface area (TPSA) is 0 Å². The highest BCUT2D eigenvalue weighted by Crippen LogP contribution is 2.38. The van der Waals surface area contributed by atoms with Crippen LogP contribution in [0.25, 0.3) is 0 Å². The van der Waals surface area contributed by atoms with Crippen molar-refractivity contribution < 1.29 is 13.2 Å². The van der Waals surface area contributed by atoms with E-state index in [4.69, 9.17) is 6.42 Å². The van der Waals surface area contributed by atoms with Crippen molar-refractivity contribution in [2.75, 3.05) is 11.5 Å². The fourth-order valence-electron chi connectivity index (χ4n) is 2.32. The number of halogens is 3. The fraction of sp³-hybridized carbons (Fsp3) is 0.429. The predicted octanol–water partition coefficient (Wildman–Crippen LogP) is 3.79. The highest BCUT2D eigenvalue weighted by molar-refractivity contribution is 7.97. The Bertz CT molecular complexity index is 459. The Labute approximate surface area is 108 Å². The van der Waals surface area contributed by atoms with E-state index in [0.717, 1.165) is 30.2 Å². The van der Waals surface area contributed by atoms with Crippen LogP contribution in [0.1, 0.15) is 29.2 Å². The van der Waals surface area contributed by atoms with Crippen LogP contribution in [-0.4, -0.2) is 11.5 Å². The van der Waals surface area contributed by atoms with Gasteiger partial charge in [-0.15, -0.1) is 6.42 Å². The van der Waals surface area contributed by atoms with Gasteiger partial charge in [0.25, 0.3) is 0 Å². The first-order chi connectivity index (χ1) is 8.52. The summed E-state index contributed by atoms with van der Waals surface area (Å²) in [4.78, 5) is 0. The van der Waals surface area contributed by atoms with Gasteiger partial charge in [0.2, 0.25) is 0 Å². The Balaban J connectivity index is 2.26. The summed E-state index contributed by atoms with van der Waals surface area (Å²) in [5.74, 6) is 4.37. The highest BCUT2D eigenvalue weighted by Gasteiger charge is 2.38. The molecule has 0 aromatic heterocycles. The Morgan fingerprint density at radius 3 is 2.83 bits per heavy atom. The molecule has 1 aliphatic heterocycles. The minimum Gasteiger partial charge on any atom is -0.166 e. The molecule has 0 aliphatic carbocycles. The van der Waals surface area contributed by atoms with Crippen LogP contribution in [0.3, 0.4) is 0 Å². The minimum atomic E-state index is -4.26. The van der Waals surface area contributed by atoms with Crippen LogP contribution < -0.4 is 0 Å². The van der Waals surface area contributed by atoms with Gasteiger partial charge >= 0.3 is 6.18 Å². The maximum atomic E-state index is 12.7. The molecule has 0 N–H and O–H groups in total. The summed E-state index contributed by atoms with van der Waals surface area (Å²) in [7, 11) is 0.0454. The second kappa shape index (κ2) is 5.27. The molecule has 1 fully saturated rings. The Hall–Kier alpha value is -1.08. The summed E-state index contributed by atoms with van der Waals surface area (Å²) in [5, 5.41) is 0.211. The number of terminal acetylenes is 1. The number of benzene rings is 1. The summed E-state index contributed by atoms with van der Waals surface area (Å²) in [5.41, 5.74) is 0.233. The average molecular weight is 271 g/mol. The van der Waals surface area contributed by atoms with E-state index >= 15 is 0 Å². The van der Waals surface area contributed by atoms with Gasteiger partial charge in [-0.1, -0.05) is 18.1 Å². The van der Waals surface area contributed by atoms with Crippen molar-refractivity contribution in [3.8, 4) is 12.3 Å². The third-order valence-electron chi connectivity index (χ3n) is 3.13. The third kappa shape index (κ3) is 2.84. The number of hydrogen-bond acceptors (Lipinski definition) is 0. The Morgan fingerprint density at radius 1 is 1.39 bits per heavy atom. The lowest BCUT2D eigenvalue weighted by atomic mass is 10.1. The fourth-order valence-corrected chi connectivity index (χ4v) is 4.73. The molecular weight excluding hydrogens is 257 g/mol. The molecule has 2 atom stereocenters. The summed E-state index contributed by atoms with van der Waals surface area (Å²) >= 11 is 0. The number of alkyl halides is 3. The van der Waals surface area contributed by atoms with Gasteiger partial charge in [0.15, 0.2) is 5.75 Å². The molecule has 0 spiro atoms. The SMILES string of the molecule is C#CC[S+]1CCCC1c1cccc(C(F)(F)F)c1. The summed E-state index contributed by atoms with van der Waals surface area (Å²) in [6.07, 6.45) is 3.07. The molecular formula is C14H14F3S+. The number of hydrogen-bond donors (Lipinski definition) is 0. The van der Waals surface area contributed by atoms with E-state index in [0.29, 0.717) is 5.75 Å². The standard InChI is InChI=1S/C14H14F3S/c1-2-8-18-9-4-7-13(18)11-5-3-6-12(10-11)14(15,16)17/h1,3,5-6,10,13H,4,7-9H2/q+1. The van der Waals surface area contributed by atoms with E-state index in [9.17, 15) is 13.2 Å². The maximum Gasteiger partial charge on any atom is 0.416 e. The quantitative estimate of drug-likeness (QED) is 0.567. The van der Waals surface area contributed by atoms with E-state index in [2.05, 4.69) is 5.92 Å². The molecule has 0 saturated carbocycles. The van der Waals surface area contributed by atoms with Crippen molar-refractivity contribution in [3.05, 3.63) is 35.4 Å². The van der Waals surface area contributed by atoms with Gasteiger partial charge in [-0.05, 0) is 18.6 Å². The molecule has 0 nitrogen and oxygen atoms in total. The smallest absolute Gasteiger partial charge is 0.166 e. The van der Waals surface area contributed by atoms with Crippen molar-refractivity contribution in [2.45, 2.75) is 24.3 Å². The van der Waals surface area contributed by atoms with E-state index in [-0.39, 0.29) is 16.1 Å². The first kappa shape index (κ1) is 13.4. The summed E-state index contributed by atoms with van der Waals surface area (Å²) in [6.45, 7) is 0. The van der Waals surface area contributed by atoms with Crippen LogP contribution in [0.4, 0.5) is 13.2 Å². The number of rotatable bonds is 2. The van der Waals surface area contributed by atoms with Crippen molar-refractivity contribution in [1.82, 2.24) is 0 Å². The van der Waals surface area contributed by atoms with Gasteiger partial charge in [0.05, 0.1) is 5.56 Å². The first-order valence-corrected chi connectivity index (χ1v) is 7.42. The lowest BCUT2D eigenvalue weighted by molar-refractivity contribution is -0.137. The molecule has 1 aromatic carbocycles. The molecule has 0 bridgehead atoms. The second-order valence-electron chi connectivity index (χ2n) is 4.34. The monoisotopic (exact) mass is 271 g/mol. The largest absolute Gasteiger partial charge is 0.416 e. The highest BCUT2D eigenvalue weighted by atomic mass is 32.2. The summed E-state index contributed by atoms with van der Waals surface area (Å²) < 4.78 is 38.0. The van der Waals surface area contributed by atoms with Crippen LogP contribution in [0, 0.1) is 12.3 Å². The molecule has 1 heterocycles. The van der Waals surface area contributed by atoms with E-state index < -0.39 is 11.7 Å². The van der Waals surface area contributed by atoms with Gasteiger partial charge in [0.1, 0.15) is 11.0 Å². The van der Waals surface area contributed by atoms with E-state index in [1.54, 1.807) is 6.07 Å². The van der Waals surface area contributed by atoms with Gasteiger partial charge in [0, 0.05) is 22.9 Å². The van der Waals surface area contributed by atoms with Crippen LogP contribution in [0.2, 0.25) is 0 Å². The molecule has 96 valence electrons. The zero-order chi connectivity index (χ0) is 13.2. The Kier molecular flexibility index (Phi) is 3.91. The molecule has 2 unspecified atom stereocenters. The normalized spacial score (nSPS) is 23.9. The van der Waals surface area contributed by atoms with Crippen molar-refractivity contribution in [2.24, 2.45) is 0 Å². The maximum absolute atomic E-state index is 12.7. The van der Waals surface area contributed by atoms with Crippen LogP contribution in [0.5, 0.6) is 0 Å². The van der Waals surface area contributed by atoms with Crippen LogP contribution in [-0.2, 0) is 17.1 Å². The molecule has 18 heavy (non-hydrogen) atoms. The molecule has 0 amide bonds. The first-order valence-electron chi connectivity index (χ1n) is 5.79. The molecule has 2 rings (SSSR count). The predicted molar refractivity (Wildman–Crippen MR) is 69.4 cm³/mol. The Morgan fingerprint density at radius 2 is 2.17 bits per heavy atom. The summed E-state index contributed by atoms with van der Waals surface area (Å²) in [6, 6.07) is 5.69. The molecule has 1 aromatic rings. The van der Waals surface area contributed by atoms with Crippen LogP contribution in [0.15, 0.2) is 24.3 Å². The average Bonchev–Trinajstić information content (AvgIpc) is 2.77. The zero-order valence-corrected chi connectivity index (χ0v) is 10.7. The lowest BCUT2D eigenvalue weighted by Crippen LogP contribution is -2.14. The van der Waals surface area contributed by atoms with Crippen LogP contribution >= 0.6 is 0 Å². The van der Waals surface area contributed by atoms with Gasteiger partial charge in [-0.3, -0.25) is 0 Å². The van der Waals surface area contributed by atoms with Crippen molar-refractivity contribution >= 4 is 10.9 Å². The lowest BCUT2D eigenvalue weighted by Gasteiger charge is -2.13. The molecule has 4 heteroatoms. The zero-order valence-electron chi connectivity index (χ0n) is 9.83. The molecule has 1 saturated heterocycles. The third-order valence-corrected chi connectivity index (χ3v) is 5.79. The van der Waals surface area contributed by atoms with Gasteiger partial charge in [-0.25, -0.2) is 0 Å². The molecule has 0 radical (unpaired) electrons. The van der Waals surface area contributed by atoms with Crippen molar-refractivity contribution in [3.63, 3.8) is 0 Å². The van der Waals surface area contributed by atoms with Gasteiger partial charge in [-0.2, -0.15) is 13.2 Å². The van der Waals surface area contributed by atoms with E-state index in [1.165, 1.54) is 12.1 Å². The van der Waals surface area contributed by atoms with E-state index in [1.807, 2.05) is 0 Å². The second-order valence-corrected chi connectivity index (χ2v) is 6.69. The minimum absolute atomic E-state index is 0.0454. The van der Waals surface area contributed by atoms with Gasteiger partial charge < -0.3 is 0 Å². The molecule has 1 aliphatic rings. The van der Waals surface area contributed by atoms with Crippen molar-refractivity contribution in [1.29, 1.82) is 0 Å².